The summed E-state index contributed by atoms with van der Waals surface area (Å²) in [7, 11) is 0. The van der Waals surface area contributed by atoms with Crippen molar-refractivity contribution in [2.24, 2.45) is 0 Å². The third-order valence-electron chi connectivity index (χ3n) is 1.87. The Bertz CT molecular complexity index is 436. The number of hydrogen-bond donors (Lipinski definition) is 2. The summed E-state index contributed by atoms with van der Waals surface area (Å²) in [6.07, 6.45) is 0. The van der Waals surface area contributed by atoms with E-state index in [1.165, 1.54) is 12.1 Å². The zero-order valence-corrected chi connectivity index (χ0v) is 9.08. The van der Waals surface area contributed by atoms with E-state index in [0.29, 0.717) is 0 Å². The average Bonchev–Trinajstić information content (AvgIpc) is 2.14. The highest BCUT2D eigenvalue weighted by atomic mass is 35.5. The lowest BCUT2D eigenvalue weighted by atomic mass is 10.1. The zero-order valence-electron chi connectivity index (χ0n) is 8.33. The van der Waals surface area contributed by atoms with Crippen LogP contribution in [0.1, 0.15) is 18.5 Å². The second-order valence-electron chi connectivity index (χ2n) is 3.14. The molecular weight excluding hydrogens is 237 g/mol. The maximum absolute atomic E-state index is 13.4. The molecule has 0 spiro atoms. The van der Waals surface area contributed by atoms with E-state index in [4.69, 9.17) is 16.7 Å². The molecule has 1 aromatic rings. The van der Waals surface area contributed by atoms with Gasteiger partial charge in [0.05, 0.1) is 0 Å². The van der Waals surface area contributed by atoms with Gasteiger partial charge in [-0.05, 0) is 12.1 Å². The molecule has 0 bridgehead atoms. The fourth-order valence-electron chi connectivity index (χ4n) is 1.21. The van der Waals surface area contributed by atoms with E-state index >= 15 is 0 Å². The summed E-state index contributed by atoms with van der Waals surface area (Å²) in [5.41, 5.74) is -0.132. The molecule has 1 atom stereocenters. The summed E-state index contributed by atoms with van der Waals surface area (Å²) < 4.78 is 13.4. The first-order valence-electron chi connectivity index (χ1n) is 4.36. The fourth-order valence-corrected chi connectivity index (χ4v) is 1.37. The van der Waals surface area contributed by atoms with Crippen molar-refractivity contribution in [3.8, 4) is 0 Å². The first-order valence-corrected chi connectivity index (χ1v) is 4.74. The molecule has 0 aliphatic rings. The number of carboxylic acid groups (broad SMARTS) is 1. The van der Waals surface area contributed by atoms with Gasteiger partial charge in [-0.15, -0.1) is 0 Å². The van der Waals surface area contributed by atoms with E-state index in [9.17, 15) is 14.0 Å². The molecule has 1 unspecified atom stereocenters. The van der Waals surface area contributed by atoms with E-state index < -0.39 is 23.7 Å². The molecule has 86 valence electrons. The number of halogens is 2. The number of nitrogens with one attached hydrogen (secondary N) is 1. The largest absolute Gasteiger partial charge is 0.479 e. The third kappa shape index (κ3) is 2.93. The highest BCUT2D eigenvalue weighted by Gasteiger charge is 2.23. The quantitative estimate of drug-likeness (QED) is 0.852. The molecule has 0 saturated carbocycles. The minimum atomic E-state index is -1.41. The number of hydrogen-bond acceptors (Lipinski definition) is 2. The van der Waals surface area contributed by atoms with Gasteiger partial charge in [-0.3, -0.25) is 4.79 Å². The Morgan fingerprint density at radius 2 is 2.12 bits per heavy atom. The monoisotopic (exact) mass is 245 g/mol. The first-order chi connectivity index (χ1) is 7.41. The van der Waals surface area contributed by atoms with Crippen LogP contribution in [0, 0.1) is 5.82 Å². The highest BCUT2D eigenvalue weighted by Crippen LogP contribution is 2.21. The Morgan fingerprint density at radius 3 is 2.56 bits per heavy atom. The Labute approximate surface area is 96.0 Å². The molecule has 1 amide bonds. The van der Waals surface area contributed by atoms with Crippen LogP contribution in [0.3, 0.4) is 0 Å². The Morgan fingerprint density at radius 1 is 1.50 bits per heavy atom. The van der Waals surface area contributed by atoms with Gasteiger partial charge in [0, 0.05) is 17.5 Å². The number of benzene rings is 1. The van der Waals surface area contributed by atoms with Crippen LogP contribution < -0.4 is 5.32 Å². The van der Waals surface area contributed by atoms with Crippen LogP contribution in [0.5, 0.6) is 0 Å². The topological polar surface area (TPSA) is 66.4 Å². The molecule has 0 radical (unpaired) electrons. The van der Waals surface area contributed by atoms with Gasteiger partial charge in [0.2, 0.25) is 5.91 Å². The molecular formula is C10H9ClFNO3. The predicted molar refractivity (Wildman–Crippen MR) is 55.6 cm³/mol. The average molecular weight is 246 g/mol. The van der Waals surface area contributed by atoms with Gasteiger partial charge in [0.15, 0.2) is 6.04 Å². The third-order valence-corrected chi connectivity index (χ3v) is 2.10. The number of carbonyl (C=O) groups excluding carboxylic acids is 1. The molecule has 0 saturated heterocycles. The van der Waals surface area contributed by atoms with E-state index in [2.05, 4.69) is 5.32 Å². The first kappa shape index (κ1) is 12.4. The summed E-state index contributed by atoms with van der Waals surface area (Å²) in [6.45, 7) is 1.16. The molecule has 4 nitrogen and oxygen atoms in total. The molecule has 0 fully saturated rings. The molecule has 6 heteroatoms. The zero-order chi connectivity index (χ0) is 12.3. The predicted octanol–water partition coefficient (Wildman–Crippen LogP) is 1.74. The molecule has 2 N–H and O–H groups in total. The lowest BCUT2D eigenvalue weighted by Crippen LogP contribution is -2.32. The van der Waals surface area contributed by atoms with E-state index in [0.717, 1.165) is 13.0 Å². The summed E-state index contributed by atoms with van der Waals surface area (Å²) in [6, 6.07) is 2.17. The van der Waals surface area contributed by atoms with Crippen molar-refractivity contribution in [2.75, 3.05) is 0 Å². The smallest absolute Gasteiger partial charge is 0.331 e. The van der Waals surface area contributed by atoms with Crippen molar-refractivity contribution in [3.63, 3.8) is 0 Å². The van der Waals surface area contributed by atoms with E-state index in [-0.39, 0.29) is 10.6 Å². The van der Waals surface area contributed by atoms with Crippen molar-refractivity contribution in [2.45, 2.75) is 13.0 Å². The maximum atomic E-state index is 13.4. The molecule has 1 rings (SSSR count). The van der Waals surface area contributed by atoms with Crippen molar-refractivity contribution in [1.29, 1.82) is 0 Å². The standard InChI is InChI=1S/C10H9ClFNO3/c1-5(14)13-9(10(15)16)7-3-2-6(11)4-8(7)12/h2-4,9H,1H3,(H,13,14)(H,15,16). The van der Waals surface area contributed by atoms with Gasteiger partial charge in [0.1, 0.15) is 5.82 Å². The van der Waals surface area contributed by atoms with E-state index in [1.54, 1.807) is 0 Å². The second kappa shape index (κ2) is 4.94. The van der Waals surface area contributed by atoms with Gasteiger partial charge in [0.25, 0.3) is 0 Å². The molecule has 0 aliphatic heterocycles. The van der Waals surface area contributed by atoms with Crippen LogP contribution in [0.25, 0.3) is 0 Å². The van der Waals surface area contributed by atoms with Crippen LogP contribution >= 0.6 is 11.6 Å². The van der Waals surface area contributed by atoms with Crippen LogP contribution in [-0.2, 0) is 9.59 Å². The Kier molecular flexibility index (Phi) is 3.84. The number of amides is 1. The van der Waals surface area contributed by atoms with Gasteiger partial charge in [-0.1, -0.05) is 17.7 Å². The van der Waals surface area contributed by atoms with Crippen LogP contribution in [-0.4, -0.2) is 17.0 Å². The Hall–Kier alpha value is -1.62. The number of carboxylic acids is 1. The highest BCUT2D eigenvalue weighted by molar-refractivity contribution is 6.30. The molecule has 1 aromatic carbocycles. The van der Waals surface area contributed by atoms with Gasteiger partial charge in [-0.2, -0.15) is 0 Å². The SMILES string of the molecule is CC(=O)NC(C(=O)O)c1ccc(Cl)cc1F. The van der Waals surface area contributed by atoms with Gasteiger partial charge >= 0.3 is 5.97 Å². The second-order valence-corrected chi connectivity index (χ2v) is 3.57. The van der Waals surface area contributed by atoms with Gasteiger partial charge in [-0.25, -0.2) is 9.18 Å². The normalized spacial score (nSPS) is 11.9. The number of aliphatic carboxylic acids is 1. The minimum absolute atomic E-state index is 0.132. The number of carbonyl (C=O) groups is 2. The van der Waals surface area contributed by atoms with Crippen LogP contribution in [0.2, 0.25) is 5.02 Å². The minimum Gasteiger partial charge on any atom is -0.479 e. The van der Waals surface area contributed by atoms with Crippen LogP contribution in [0.15, 0.2) is 18.2 Å². The molecule has 0 aromatic heterocycles. The molecule has 0 aliphatic carbocycles. The van der Waals surface area contributed by atoms with Gasteiger partial charge < -0.3 is 10.4 Å². The molecule has 16 heavy (non-hydrogen) atoms. The summed E-state index contributed by atoms with van der Waals surface area (Å²) in [4.78, 5) is 21.6. The van der Waals surface area contributed by atoms with Crippen LogP contribution in [0.4, 0.5) is 4.39 Å². The van der Waals surface area contributed by atoms with Crippen molar-refractivity contribution in [1.82, 2.24) is 5.32 Å². The lowest BCUT2D eigenvalue weighted by Gasteiger charge is -2.14. The van der Waals surface area contributed by atoms with Crippen molar-refractivity contribution < 1.29 is 19.1 Å². The maximum Gasteiger partial charge on any atom is 0.331 e. The summed E-state index contributed by atoms with van der Waals surface area (Å²) in [5.74, 6) is -2.66. The van der Waals surface area contributed by atoms with E-state index in [1.807, 2.05) is 0 Å². The van der Waals surface area contributed by atoms with Crippen molar-refractivity contribution in [3.05, 3.63) is 34.6 Å². The summed E-state index contributed by atoms with van der Waals surface area (Å²) >= 11 is 5.53. The fraction of sp³-hybridized carbons (Fsp3) is 0.200. The lowest BCUT2D eigenvalue weighted by molar-refractivity contribution is -0.141. The van der Waals surface area contributed by atoms with Crippen molar-refractivity contribution >= 4 is 23.5 Å². The molecule has 0 heterocycles. The number of rotatable bonds is 3. The summed E-state index contributed by atoms with van der Waals surface area (Å²) in [5, 5.41) is 11.1. The Balaban J connectivity index is 3.10.